The lowest BCUT2D eigenvalue weighted by Crippen LogP contribution is -2.23. The number of carbonyl (C=O) groups excluding carboxylic acids is 1. The van der Waals surface area contributed by atoms with E-state index in [0.717, 1.165) is 17.7 Å². The molecule has 0 fully saturated rings. The molecule has 0 saturated heterocycles. The van der Waals surface area contributed by atoms with Crippen LogP contribution in [0.4, 0.5) is 10.8 Å². The average molecular weight is 276 g/mol. The summed E-state index contributed by atoms with van der Waals surface area (Å²) in [5, 5.41) is 11.4. The molecule has 0 atom stereocenters. The van der Waals surface area contributed by atoms with Crippen LogP contribution >= 0.6 is 11.3 Å². The molecular weight excluding hydrogens is 260 g/mol. The van der Waals surface area contributed by atoms with Crippen molar-refractivity contribution < 1.29 is 9.90 Å². The lowest BCUT2D eigenvalue weighted by atomic mass is 10.1. The van der Waals surface area contributed by atoms with Crippen molar-refractivity contribution in [1.29, 1.82) is 0 Å². The zero-order valence-electron chi connectivity index (χ0n) is 11.0. The van der Waals surface area contributed by atoms with Crippen molar-refractivity contribution in [1.82, 2.24) is 4.98 Å². The van der Waals surface area contributed by atoms with Gasteiger partial charge in [0.05, 0.1) is 18.0 Å². The molecule has 5 heteroatoms. The summed E-state index contributed by atoms with van der Waals surface area (Å²) in [5.41, 5.74) is 2.54. The third kappa shape index (κ3) is 2.83. The minimum absolute atomic E-state index is 0.0836. The highest BCUT2D eigenvalue weighted by Gasteiger charge is 2.19. The van der Waals surface area contributed by atoms with Gasteiger partial charge in [0.25, 0.3) is 0 Å². The van der Waals surface area contributed by atoms with Gasteiger partial charge >= 0.3 is 0 Å². The van der Waals surface area contributed by atoms with Crippen molar-refractivity contribution >= 4 is 28.1 Å². The Labute approximate surface area is 116 Å². The van der Waals surface area contributed by atoms with Crippen LogP contribution in [0, 0.1) is 0 Å². The smallest absolute Gasteiger partial charge is 0.230 e. The largest absolute Gasteiger partial charge is 0.390 e. The van der Waals surface area contributed by atoms with Gasteiger partial charge in [-0.15, -0.1) is 11.3 Å². The number of amides is 1. The monoisotopic (exact) mass is 276 g/mol. The summed E-state index contributed by atoms with van der Waals surface area (Å²) in [6.45, 7) is 3.46. The van der Waals surface area contributed by atoms with E-state index in [4.69, 9.17) is 5.11 Å². The molecule has 19 heavy (non-hydrogen) atoms. The molecule has 0 saturated carbocycles. The van der Waals surface area contributed by atoms with E-state index in [1.165, 1.54) is 18.3 Å². The van der Waals surface area contributed by atoms with Gasteiger partial charge in [0.15, 0.2) is 5.13 Å². The van der Waals surface area contributed by atoms with Gasteiger partial charge in [-0.2, -0.15) is 0 Å². The molecule has 0 bridgehead atoms. The number of aliphatic hydroxyl groups excluding tert-OH is 1. The molecule has 0 aliphatic rings. The Bertz CT molecular complexity index is 580. The van der Waals surface area contributed by atoms with E-state index in [1.54, 1.807) is 10.3 Å². The predicted molar refractivity (Wildman–Crippen MR) is 76.7 cm³/mol. The number of hydrogen-bond acceptors (Lipinski definition) is 4. The highest BCUT2D eigenvalue weighted by atomic mass is 32.1. The molecule has 4 nitrogen and oxygen atoms in total. The maximum absolute atomic E-state index is 11.9. The number of thiazole rings is 1. The lowest BCUT2D eigenvalue weighted by molar-refractivity contribution is -0.115. The van der Waals surface area contributed by atoms with E-state index in [1.807, 2.05) is 24.3 Å². The van der Waals surface area contributed by atoms with E-state index < -0.39 is 0 Å². The van der Waals surface area contributed by atoms with Crippen molar-refractivity contribution in [3.63, 3.8) is 0 Å². The van der Waals surface area contributed by atoms with Gasteiger partial charge in [0.1, 0.15) is 0 Å². The predicted octanol–water partition coefficient (Wildman–Crippen LogP) is 2.88. The van der Waals surface area contributed by atoms with Gasteiger partial charge in [0.2, 0.25) is 5.91 Å². The molecule has 0 unspecified atom stereocenters. The molecular formula is C14H16N2O2S. The molecule has 0 aliphatic carbocycles. The molecule has 1 heterocycles. The number of nitrogens with zero attached hydrogens (tertiary/aromatic N) is 2. The zero-order valence-corrected chi connectivity index (χ0v) is 11.8. The minimum Gasteiger partial charge on any atom is -0.390 e. The van der Waals surface area contributed by atoms with E-state index >= 15 is 0 Å². The molecule has 100 valence electrons. The van der Waals surface area contributed by atoms with Gasteiger partial charge in [0, 0.05) is 12.3 Å². The van der Waals surface area contributed by atoms with Gasteiger partial charge < -0.3 is 5.11 Å². The van der Waals surface area contributed by atoms with Crippen molar-refractivity contribution in [3.05, 3.63) is 40.9 Å². The number of benzene rings is 1. The third-order valence-corrected chi connectivity index (χ3v) is 3.70. The number of aromatic nitrogens is 1. The average Bonchev–Trinajstić information content (AvgIpc) is 2.87. The van der Waals surface area contributed by atoms with Crippen molar-refractivity contribution in [3.8, 4) is 0 Å². The number of rotatable bonds is 4. The molecule has 0 aliphatic heterocycles. The Morgan fingerprint density at radius 3 is 2.74 bits per heavy atom. The Balaban J connectivity index is 2.48. The van der Waals surface area contributed by atoms with Crippen LogP contribution in [0.1, 0.15) is 25.1 Å². The summed E-state index contributed by atoms with van der Waals surface area (Å²) in [5.74, 6) is -0.0836. The first-order valence-corrected chi connectivity index (χ1v) is 6.99. The van der Waals surface area contributed by atoms with Gasteiger partial charge in [-0.3, -0.25) is 9.69 Å². The fourth-order valence-electron chi connectivity index (χ4n) is 1.91. The van der Waals surface area contributed by atoms with Crippen LogP contribution in [0.25, 0.3) is 0 Å². The number of aliphatic hydroxyl groups is 1. The molecule has 1 aromatic heterocycles. The lowest BCUT2D eigenvalue weighted by Gasteiger charge is -2.20. The van der Waals surface area contributed by atoms with Crippen LogP contribution in [0.5, 0.6) is 0 Å². The molecule has 1 amide bonds. The number of hydrogen-bond donors (Lipinski definition) is 1. The maximum atomic E-state index is 11.9. The summed E-state index contributed by atoms with van der Waals surface area (Å²) >= 11 is 1.36. The summed E-state index contributed by atoms with van der Waals surface area (Å²) < 4.78 is 0. The molecule has 1 N–H and O–H groups in total. The van der Waals surface area contributed by atoms with Crippen LogP contribution in [-0.4, -0.2) is 16.0 Å². The second-order valence-corrected chi connectivity index (χ2v) is 4.95. The Hall–Kier alpha value is -1.72. The van der Waals surface area contributed by atoms with Gasteiger partial charge in [-0.05, 0) is 18.1 Å². The first-order valence-electron chi connectivity index (χ1n) is 6.11. The summed E-state index contributed by atoms with van der Waals surface area (Å²) in [6.07, 6.45) is 0.845. The third-order valence-electron chi connectivity index (χ3n) is 2.82. The Kier molecular flexibility index (Phi) is 4.29. The highest BCUT2D eigenvalue weighted by molar-refractivity contribution is 7.14. The maximum Gasteiger partial charge on any atom is 0.230 e. The molecule has 0 spiro atoms. The Morgan fingerprint density at radius 1 is 1.42 bits per heavy atom. The SMILES string of the molecule is CCc1ccccc1N(C(C)=O)c1nc(CO)cs1. The number of carbonyl (C=O) groups is 1. The fourth-order valence-corrected chi connectivity index (χ4v) is 2.78. The molecule has 2 aromatic rings. The van der Waals surface area contributed by atoms with E-state index in [0.29, 0.717) is 10.8 Å². The van der Waals surface area contributed by atoms with Gasteiger partial charge in [-0.25, -0.2) is 4.98 Å². The van der Waals surface area contributed by atoms with Crippen molar-refractivity contribution in [2.24, 2.45) is 0 Å². The molecule has 1 aromatic carbocycles. The van der Waals surface area contributed by atoms with E-state index in [9.17, 15) is 4.79 Å². The van der Waals surface area contributed by atoms with E-state index in [-0.39, 0.29) is 12.5 Å². The summed E-state index contributed by atoms with van der Waals surface area (Å²) in [6, 6.07) is 7.79. The van der Waals surface area contributed by atoms with Crippen LogP contribution in [0.3, 0.4) is 0 Å². The summed E-state index contributed by atoms with van der Waals surface area (Å²) in [7, 11) is 0. The summed E-state index contributed by atoms with van der Waals surface area (Å²) in [4.78, 5) is 17.8. The van der Waals surface area contributed by atoms with Crippen LogP contribution in [0.2, 0.25) is 0 Å². The minimum atomic E-state index is -0.113. The normalized spacial score (nSPS) is 10.5. The van der Waals surface area contributed by atoms with Crippen molar-refractivity contribution in [2.75, 3.05) is 4.90 Å². The topological polar surface area (TPSA) is 53.4 Å². The highest BCUT2D eigenvalue weighted by Crippen LogP contribution is 2.31. The van der Waals surface area contributed by atoms with E-state index in [2.05, 4.69) is 11.9 Å². The zero-order chi connectivity index (χ0) is 13.8. The van der Waals surface area contributed by atoms with Crippen molar-refractivity contribution in [2.45, 2.75) is 26.9 Å². The fraction of sp³-hybridized carbons (Fsp3) is 0.286. The second kappa shape index (κ2) is 5.95. The molecule has 0 radical (unpaired) electrons. The standard InChI is InChI=1S/C14H16N2O2S/c1-3-11-6-4-5-7-13(11)16(10(2)18)14-15-12(8-17)9-19-14/h4-7,9,17H,3,8H2,1-2H3. The second-order valence-electron chi connectivity index (χ2n) is 4.12. The molecule has 2 rings (SSSR count). The van der Waals surface area contributed by atoms with Crippen LogP contribution in [0.15, 0.2) is 29.6 Å². The number of aryl methyl sites for hydroxylation is 1. The first-order chi connectivity index (χ1) is 9.17. The number of anilines is 2. The number of para-hydroxylation sites is 1. The quantitative estimate of drug-likeness (QED) is 0.934. The Morgan fingerprint density at radius 2 is 2.16 bits per heavy atom. The van der Waals surface area contributed by atoms with Crippen LogP contribution < -0.4 is 4.90 Å². The van der Waals surface area contributed by atoms with Crippen LogP contribution in [-0.2, 0) is 17.8 Å². The first kappa shape index (κ1) is 13.7. The van der Waals surface area contributed by atoms with Gasteiger partial charge in [-0.1, -0.05) is 25.1 Å².